The Labute approximate surface area is 128 Å². The number of aryl methyl sites for hydroxylation is 2. The Morgan fingerprint density at radius 2 is 1.90 bits per heavy atom. The van der Waals surface area contributed by atoms with Crippen molar-refractivity contribution in [2.24, 2.45) is 0 Å². The first-order valence-electron chi connectivity index (χ1n) is 6.98. The van der Waals surface area contributed by atoms with Gasteiger partial charge in [0.25, 0.3) is 0 Å². The quantitative estimate of drug-likeness (QED) is 0.859. The second-order valence-corrected chi connectivity index (χ2v) is 6.47. The van der Waals surface area contributed by atoms with E-state index in [4.69, 9.17) is 10.5 Å². The zero-order chi connectivity index (χ0) is 15.4. The van der Waals surface area contributed by atoms with Crippen LogP contribution < -0.4 is 10.5 Å². The van der Waals surface area contributed by atoms with E-state index in [-0.39, 0.29) is 0 Å². The van der Waals surface area contributed by atoms with Crippen LogP contribution in [0.2, 0.25) is 0 Å². The third-order valence-corrected chi connectivity index (χ3v) is 4.75. The lowest BCUT2D eigenvalue weighted by Crippen LogP contribution is -2.03. The number of nitrogen functional groups attached to an aromatic ring is 1. The SMILES string of the molecule is CCOc1ccc(N)c(S(=O)Cc2cc(C)ccc2C)c1. The normalized spacial score (nSPS) is 12.1. The predicted molar refractivity (Wildman–Crippen MR) is 88.1 cm³/mol. The van der Waals surface area contributed by atoms with Gasteiger partial charge in [0.15, 0.2) is 0 Å². The van der Waals surface area contributed by atoms with Gasteiger partial charge in [0.1, 0.15) is 5.75 Å². The third kappa shape index (κ3) is 3.85. The van der Waals surface area contributed by atoms with E-state index >= 15 is 0 Å². The van der Waals surface area contributed by atoms with Gasteiger partial charge in [0.2, 0.25) is 0 Å². The maximum Gasteiger partial charge on any atom is 0.120 e. The van der Waals surface area contributed by atoms with Gasteiger partial charge in [0, 0.05) is 5.69 Å². The van der Waals surface area contributed by atoms with Gasteiger partial charge in [-0.15, -0.1) is 0 Å². The molecule has 0 saturated carbocycles. The van der Waals surface area contributed by atoms with Crippen molar-refractivity contribution in [3.8, 4) is 5.75 Å². The van der Waals surface area contributed by atoms with E-state index in [9.17, 15) is 4.21 Å². The Balaban J connectivity index is 2.27. The molecule has 2 rings (SSSR count). The van der Waals surface area contributed by atoms with Gasteiger partial charge in [-0.3, -0.25) is 4.21 Å². The molecule has 2 N–H and O–H groups in total. The molecule has 0 heterocycles. The van der Waals surface area contributed by atoms with Gasteiger partial charge < -0.3 is 10.5 Å². The molecule has 0 radical (unpaired) electrons. The van der Waals surface area contributed by atoms with Gasteiger partial charge in [0.05, 0.1) is 28.1 Å². The van der Waals surface area contributed by atoms with Crippen molar-refractivity contribution in [2.45, 2.75) is 31.4 Å². The Morgan fingerprint density at radius 1 is 1.14 bits per heavy atom. The number of hydrogen-bond acceptors (Lipinski definition) is 3. The van der Waals surface area contributed by atoms with Crippen LogP contribution in [0.15, 0.2) is 41.3 Å². The lowest BCUT2D eigenvalue weighted by Gasteiger charge is -2.11. The highest BCUT2D eigenvalue weighted by atomic mass is 32.2. The lowest BCUT2D eigenvalue weighted by atomic mass is 10.1. The Hall–Kier alpha value is -1.81. The Bertz CT molecular complexity index is 668. The van der Waals surface area contributed by atoms with Crippen molar-refractivity contribution < 1.29 is 8.95 Å². The number of anilines is 1. The molecular weight excluding hydrogens is 282 g/mol. The van der Waals surface area contributed by atoms with Crippen molar-refractivity contribution in [1.29, 1.82) is 0 Å². The summed E-state index contributed by atoms with van der Waals surface area (Å²) in [5.74, 6) is 1.17. The summed E-state index contributed by atoms with van der Waals surface area (Å²) in [6.45, 7) is 6.57. The van der Waals surface area contributed by atoms with Crippen LogP contribution in [0.25, 0.3) is 0 Å². The van der Waals surface area contributed by atoms with E-state index in [1.54, 1.807) is 18.2 Å². The summed E-state index contributed by atoms with van der Waals surface area (Å²) in [4.78, 5) is 0.641. The minimum atomic E-state index is -1.18. The second kappa shape index (κ2) is 6.76. The molecule has 0 aliphatic heterocycles. The minimum absolute atomic E-state index is 0.466. The molecular formula is C17H21NO2S. The highest BCUT2D eigenvalue weighted by Gasteiger charge is 2.12. The van der Waals surface area contributed by atoms with Crippen LogP contribution >= 0.6 is 0 Å². The first-order chi connectivity index (χ1) is 10.0. The van der Waals surface area contributed by atoms with Gasteiger partial charge in [-0.2, -0.15) is 0 Å². The lowest BCUT2D eigenvalue weighted by molar-refractivity contribution is 0.339. The van der Waals surface area contributed by atoms with E-state index in [0.29, 0.717) is 28.7 Å². The fourth-order valence-electron chi connectivity index (χ4n) is 2.14. The summed E-state index contributed by atoms with van der Waals surface area (Å²) in [7, 11) is -1.18. The fraction of sp³-hybridized carbons (Fsp3) is 0.294. The smallest absolute Gasteiger partial charge is 0.120 e. The first-order valence-corrected chi connectivity index (χ1v) is 8.30. The molecule has 3 nitrogen and oxygen atoms in total. The zero-order valence-corrected chi connectivity index (χ0v) is 13.5. The van der Waals surface area contributed by atoms with Crippen LogP contribution in [-0.4, -0.2) is 10.8 Å². The second-order valence-electron chi connectivity index (χ2n) is 5.05. The first kappa shape index (κ1) is 15.6. The molecule has 21 heavy (non-hydrogen) atoms. The van der Waals surface area contributed by atoms with Crippen molar-refractivity contribution >= 4 is 16.5 Å². The van der Waals surface area contributed by atoms with Crippen LogP contribution in [0.3, 0.4) is 0 Å². The molecule has 2 aromatic rings. The standard InChI is InChI=1S/C17H21NO2S/c1-4-20-15-7-8-16(18)17(10-15)21(19)11-14-9-12(2)5-6-13(14)3/h5-10H,4,11,18H2,1-3H3. The number of nitrogens with two attached hydrogens (primary N) is 1. The number of ether oxygens (including phenoxy) is 1. The number of hydrogen-bond donors (Lipinski definition) is 1. The highest BCUT2D eigenvalue weighted by molar-refractivity contribution is 7.84. The molecule has 1 unspecified atom stereocenters. The van der Waals surface area contributed by atoms with Gasteiger partial charge in [-0.25, -0.2) is 0 Å². The number of benzene rings is 2. The van der Waals surface area contributed by atoms with Crippen molar-refractivity contribution in [3.63, 3.8) is 0 Å². The maximum atomic E-state index is 12.6. The summed E-state index contributed by atoms with van der Waals surface area (Å²) in [6, 6.07) is 11.5. The molecule has 0 bridgehead atoms. The molecule has 4 heteroatoms. The Morgan fingerprint density at radius 3 is 2.62 bits per heavy atom. The van der Waals surface area contributed by atoms with E-state index in [1.807, 2.05) is 20.8 Å². The van der Waals surface area contributed by atoms with Crippen molar-refractivity contribution in [1.82, 2.24) is 0 Å². The summed E-state index contributed by atoms with van der Waals surface area (Å²) in [5, 5.41) is 0. The van der Waals surface area contributed by atoms with Crippen LogP contribution in [0.4, 0.5) is 5.69 Å². The van der Waals surface area contributed by atoms with Gasteiger partial charge in [-0.1, -0.05) is 23.8 Å². The molecule has 0 amide bonds. The van der Waals surface area contributed by atoms with Crippen LogP contribution in [0, 0.1) is 13.8 Å². The maximum absolute atomic E-state index is 12.6. The molecule has 0 fully saturated rings. The Kier molecular flexibility index (Phi) is 5.02. The van der Waals surface area contributed by atoms with Crippen molar-refractivity contribution in [2.75, 3.05) is 12.3 Å². The van der Waals surface area contributed by atoms with Crippen molar-refractivity contribution in [3.05, 3.63) is 53.1 Å². The average Bonchev–Trinajstić information content (AvgIpc) is 2.45. The summed E-state index contributed by atoms with van der Waals surface area (Å²) in [6.07, 6.45) is 0. The van der Waals surface area contributed by atoms with E-state index in [1.165, 1.54) is 5.56 Å². The molecule has 112 valence electrons. The van der Waals surface area contributed by atoms with Gasteiger partial charge in [-0.05, 0) is 50.1 Å². The topological polar surface area (TPSA) is 52.3 Å². The molecule has 0 aromatic heterocycles. The van der Waals surface area contributed by atoms with E-state index < -0.39 is 10.8 Å². The van der Waals surface area contributed by atoms with E-state index in [2.05, 4.69) is 18.2 Å². The molecule has 2 aromatic carbocycles. The molecule has 0 saturated heterocycles. The molecule has 0 aliphatic rings. The van der Waals surface area contributed by atoms with Crippen LogP contribution in [0.1, 0.15) is 23.6 Å². The summed E-state index contributed by atoms with van der Waals surface area (Å²) in [5.41, 5.74) is 9.91. The summed E-state index contributed by atoms with van der Waals surface area (Å²) < 4.78 is 18.1. The van der Waals surface area contributed by atoms with E-state index in [0.717, 1.165) is 11.1 Å². The fourth-order valence-corrected chi connectivity index (χ4v) is 3.47. The number of rotatable bonds is 5. The highest BCUT2D eigenvalue weighted by Crippen LogP contribution is 2.25. The average molecular weight is 303 g/mol. The largest absolute Gasteiger partial charge is 0.494 e. The zero-order valence-electron chi connectivity index (χ0n) is 12.7. The molecule has 0 aliphatic carbocycles. The molecule has 1 atom stereocenters. The van der Waals surface area contributed by atoms with Crippen LogP contribution in [0.5, 0.6) is 5.75 Å². The van der Waals surface area contributed by atoms with Gasteiger partial charge >= 0.3 is 0 Å². The third-order valence-electron chi connectivity index (χ3n) is 3.33. The minimum Gasteiger partial charge on any atom is -0.494 e. The molecule has 0 spiro atoms. The summed E-state index contributed by atoms with van der Waals surface area (Å²) >= 11 is 0. The monoisotopic (exact) mass is 303 g/mol. The predicted octanol–water partition coefficient (Wildman–Crippen LogP) is 3.59. The van der Waals surface area contributed by atoms with Crippen LogP contribution in [-0.2, 0) is 16.6 Å².